The predicted molar refractivity (Wildman–Crippen MR) is 190 cm³/mol. The Morgan fingerprint density at radius 1 is 0.400 bits per heavy atom. The van der Waals surface area contributed by atoms with Gasteiger partial charge < -0.3 is 4.42 Å². The lowest BCUT2D eigenvalue weighted by atomic mass is 9.84. The molecule has 1 nitrogen and oxygen atoms in total. The molecule has 0 aliphatic carbocycles. The Bertz CT molecular complexity index is 2690. The molecule has 0 aliphatic heterocycles. The van der Waals surface area contributed by atoms with Crippen LogP contribution in [0.4, 0.5) is 0 Å². The Morgan fingerprint density at radius 3 is 1.64 bits per heavy atom. The van der Waals surface area contributed by atoms with Crippen LogP contribution in [0.25, 0.3) is 88.0 Å². The fourth-order valence-corrected chi connectivity index (χ4v) is 6.75. The van der Waals surface area contributed by atoms with Crippen LogP contribution in [0.5, 0.6) is 0 Å². The zero-order chi connectivity index (χ0) is 33.2. The van der Waals surface area contributed by atoms with Crippen LogP contribution in [0, 0.1) is 0 Å². The second-order valence-corrected chi connectivity index (χ2v) is 11.3. The summed E-state index contributed by atoms with van der Waals surface area (Å²) in [5.41, 5.74) is 8.05. The van der Waals surface area contributed by atoms with E-state index in [1.54, 1.807) is 0 Å². The van der Waals surface area contributed by atoms with Gasteiger partial charge in [-0.15, -0.1) is 0 Å². The minimum Gasteiger partial charge on any atom is -0.456 e. The van der Waals surface area contributed by atoms with E-state index >= 15 is 0 Å². The third-order valence-corrected chi connectivity index (χ3v) is 8.74. The van der Waals surface area contributed by atoms with Gasteiger partial charge in [0.2, 0.25) is 0 Å². The van der Waals surface area contributed by atoms with Crippen molar-refractivity contribution in [2.75, 3.05) is 0 Å². The summed E-state index contributed by atoms with van der Waals surface area (Å²) in [7, 11) is 0. The second-order valence-electron chi connectivity index (χ2n) is 11.3. The van der Waals surface area contributed by atoms with Gasteiger partial charge in [-0.25, -0.2) is 0 Å². The molecule has 9 aromatic rings. The number of hydrogen-bond acceptors (Lipinski definition) is 1. The van der Waals surface area contributed by atoms with Crippen molar-refractivity contribution in [1.82, 2.24) is 0 Å². The lowest BCUT2D eigenvalue weighted by Gasteiger charge is -2.18. The molecule has 1 heteroatoms. The zero-order valence-corrected chi connectivity index (χ0v) is 24.3. The molecule has 0 saturated heterocycles. The van der Waals surface area contributed by atoms with Crippen molar-refractivity contribution in [2.24, 2.45) is 0 Å². The van der Waals surface area contributed by atoms with Gasteiger partial charge in [-0.3, -0.25) is 0 Å². The normalized spacial score (nSPS) is 12.8. The van der Waals surface area contributed by atoms with Crippen LogP contribution in [-0.2, 0) is 0 Å². The van der Waals surface area contributed by atoms with Crippen LogP contribution in [0.15, 0.2) is 174 Å². The van der Waals surface area contributed by atoms with Gasteiger partial charge in [0.15, 0.2) is 0 Å². The highest BCUT2D eigenvalue weighted by molar-refractivity contribution is 6.25. The van der Waals surface area contributed by atoms with Crippen LogP contribution in [0.2, 0.25) is 0 Å². The lowest BCUT2D eigenvalue weighted by molar-refractivity contribution is 0.669. The molecule has 1 aromatic heterocycles. The predicted octanol–water partition coefficient (Wildman–Crippen LogP) is 12.6. The van der Waals surface area contributed by atoms with Crippen molar-refractivity contribution < 1.29 is 9.90 Å². The van der Waals surface area contributed by atoms with E-state index in [0.29, 0.717) is 16.7 Å². The van der Waals surface area contributed by atoms with Gasteiger partial charge in [-0.1, -0.05) is 146 Å². The van der Waals surface area contributed by atoms with Gasteiger partial charge in [0, 0.05) is 10.8 Å². The van der Waals surface area contributed by atoms with Crippen molar-refractivity contribution in [3.8, 4) is 44.5 Å². The Balaban J connectivity index is 1.38. The summed E-state index contributed by atoms with van der Waals surface area (Å²) in [4.78, 5) is 0. The van der Waals surface area contributed by atoms with Gasteiger partial charge in [-0.2, -0.15) is 0 Å². The van der Waals surface area contributed by atoms with Crippen molar-refractivity contribution in [3.63, 3.8) is 0 Å². The number of hydrogen-bond donors (Lipinski definition) is 0. The van der Waals surface area contributed by atoms with E-state index in [-0.39, 0.29) is 24.2 Å². The molecule has 0 radical (unpaired) electrons. The molecular weight excluding hydrogens is 544 g/mol. The largest absolute Gasteiger partial charge is 0.456 e. The molecule has 45 heavy (non-hydrogen) atoms. The molecule has 0 unspecified atom stereocenters. The lowest BCUT2D eigenvalue weighted by Crippen LogP contribution is -1.91. The van der Waals surface area contributed by atoms with Crippen LogP contribution < -0.4 is 0 Å². The molecule has 0 bridgehead atoms. The molecule has 9 rings (SSSR count). The van der Waals surface area contributed by atoms with Gasteiger partial charge >= 0.3 is 0 Å². The number of fused-ring (bicyclic) bond motifs is 5. The maximum atomic E-state index is 9.49. The molecule has 210 valence electrons. The molecule has 1 heterocycles. The monoisotopic (exact) mass is 576 g/mol. The first-order valence-corrected chi connectivity index (χ1v) is 15.1. The Morgan fingerprint density at radius 2 is 0.978 bits per heavy atom. The third kappa shape index (κ3) is 4.17. The fourth-order valence-electron chi connectivity index (χ4n) is 6.75. The zero-order valence-electron chi connectivity index (χ0n) is 28.3. The third-order valence-electron chi connectivity index (χ3n) is 8.74. The van der Waals surface area contributed by atoms with Gasteiger partial charge in [0.05, 0.1) is 5.48 Å². The Labute approximate surface area is 267 Å². The average Bonchev–Trinajstić information content (AvgIpc) is 3.53. The van der Waals surface area contributed by atoms with Crippen molar-refractivity contribution in [2.45, 2.75) is 0 Å². The fraction of sp³-hybridized carbons (Fsp3) is 0. The van der Waals surface area contributed by atoms with Crippen molar-refractivity contribution in [1.29, 1.82) is 0 Å². The Kier molecular flexibility index (Phi) is 5.00. The number of rotatable bonds is 4. The van der Waals surface area contributed by atoms with E-state index in [2.05, 4.69) is 48.5 Å². The SMILES string of the molecule is [2H]c1c([2H])c(-c2ccccc2)c([2H])c(-c2c3ccccc3c(-c3cccc4oc5cc(-c6ccccc6)ccc5c34)c3ccccc23)c1[2H]. The molecule has 0 saturated carbocycles. The van der Waals surface area contributed by atoms with Gasteiger partial charge in [-0.05, 0) is 90.3 Å². The first-order valence-electron chi connectivity index (χ1n) is 17.1. The molecule has 0 fully saturated rings. The Hall–Kier alpha value is -5.92. The van der Waals surface area contributed by atoms with Crippen LogP contribution >= 0.6 is 0 Å². The first kappa shape index (κ1) is 21.7. The van der Waals surface area contributed by atoms with Crippen molar-refractivity contribution in [3.05, 3.63) is 170 Å². The van der Waals surface area contributed by atoms with E-state index < -0.39 is 0 Å². The smallest absolute Gasteiger partial charge is 0.136 e. The van der Waals surface area contributed by atoms with Crippen LogP contribution in [0.1, 0.15) is 5.48 Å². The van der Waals surface area contributed by atoms with Gasteiger partial charge in [0.1, 0.15) is 11.2 Å². The van der Waals surface area contributed by atoms with E-state index in [1.807, 2.05) is 97.1 Å². The molecule has 0 amide bonds. The molecule has 0 atom stereocenters. The standard InChI is InChI=1S/C44H28O/c1-3-13-29(14-4-1)31-17-11-18-33(27-31)42-34-19-7-9-21-36(34)43(37-22-10-8-20-35(37)42)39-23-12-24-40-44(39)38-26-25-32(28-41(38)45-40)30-15-5-2-6-16-30/h1-28H/i11D,17D,18D,27D. The minimum absolute atomic E-state index is 0.0809. The summed E-state index contributed by atoms with van der Waals surface area (Å²) in [6.45, 7) is 0. The quantitative estimate of drug-likeness (QED) is 0.190. The highest BCUT2D eigenvalue weighted by Crippen LogP contribution is 2.47. The molecule has 0 aliphatic rings. The highest BCUT2D eigenvalue weighted by Gasteiger charge is 2.20. The summed E-state index contributed by atoms with van der Waals surface area (Å²) in [6.07, 6.45) is 0. The summed E-state index contributed by atoms with van der Waals surface area (Å²) >= 11 is 0. The maximum Gasteiger partial charge on any atom is 0.136 e. The summed E-state index contributed by atoms with van der Waals surface area (Å²) in [5, 5.41) is 5.76. The first-order chi connectivity index (χ1) is 24.0. The molecule has 8 aromatic carbocycles. The van der Waals surface area contributed by atoms with Crippen LogP contribution in [0.3, 0.4) is 0 Å². The number of benzene rings is 8. The highest BCUT2D eigenvalue weighted by atomic mass is 16.3. The second kappa shape index (κ2) is 10.4. The summed E-state index contributed by atoms with van der Waals surface area (Å²) in [5.74, 6) is 0. The van der Waals surface area contributed by atoms with E-state index in [0.717, 1.165) is 71.3 Å². The number of furan rings is 1. The van der Waals surface area contributed by atoms with E-state index in [9.17, 15) is 1.37 Å². The summed E-state index contributed by atoms with van der Waals surface area (Å²) < 4.78 is 42.8. The van der Waals surface area contributed by atoms with Crippen LogP contribution in [-0.4, -0.2) is 0 Å². The van der Waals surface area contributed by atoms with Crippen molar-refractivity contribution >= 4 is 43.5 Å². The summed E-state index contributed by atoms with van der Waals surface area (Å²) in [6, 6.07) is 48.2. The molecule has 0 spiro atoms. The maximum absolute atomic E-state index is 9.49. The molecular formula is C44H28O. The van der Waals surface area contributed by atoms with E-state index in [1.165, 1.54) is 0 Å². The molecule has 0 N–H and O–H groups in total. The van der Waals surface area contributed by atoms with Gasteiger partial charge in [0.25, 0.3) is 0 Å². The minimum atomic E-state index is -0.188. The average molecular weight is 577 g/mol. The van der Waals surface area contributed by atoms with E-state index in [4.69, 9.17) is 8.53 Å². The topological polar surface area (TPSA) is 13.1 Å².